The van der Waals surface area contributed by atoms with Gasteiger partial charge in [0.15, 0.2) is 0 Å². The highest BCUT2D eigenvalue weighted by Crippen LogP contribution is 2.44. The summed E-state index contributed by atoms with van der Waals surface area (Å²) in [5.41, 5.74) is 1.31. The van der Waals surface area contributed by atoms with Crippen molar-refractivity contribution >= 4 is 11.5 Å². The van der Waals surface area contributed by atoms with Gasteiger partial charge in [0.05, 0.1) is 30.7 Å². The Hall–Kier alpha value is -1.61. The van der Waals surface area contributed by atoms with E-state index in [1.807, 2.05) is 30.3 Å². The number of rotatable bonds is 4. The van der Waals surface area contributed by atoms with Crippen LogP contribution in [-0.2, 0) is 9.53 Å². The number of quaternary nitrogens is 1. The van der Waals surface area contributed by atoms with Gasteiger partial charge in [-0.3, -0.25) is 0 Å². The molecule has 3 nitrogen and oxygen atoms in total. The Kier molecular flexibility index (Phi) is 4.33. The summed E-state index contributed by atoms with van der Waals surface area (Å²) in [6.07, 6.45) is 4.53. The van der Waals surface area contributed by atoms with Gasteiger partial charge in [-0.05, 0) is 19.4 Å². The molecule has 0 amide bonds. The van der Waals surface area contributed by atoms with Crippen LogP contribution in [0.4, 0.5) is 0 Å². The van der Waals surface area contributed by atoms with Crippen LogP contribution in [0.5, 0.6) is 0 Å². The molecule has 2 saturated heterocycles. The Balaban J connectivity index is 1.65. The van der Waals surface area contributed by atoms with E-state index in [-0.39, 0.29) is 12.1 Å². The SMILES string of the molecule is C=C(C(=O)OC1CC2CCC(C1)[N+]2(C)C(C)C)c1ccccc1. The molecule has 2 fully saturated rings. The third kappa shape index (κ3) is 2.83. The molecule has 3 rings (SSSR count). The predicted molar refractivity (Wildman–Crippen MR) is 92.7 cm³/mol. The van der Waals surface area contributed by atoms with E-state index in [4.69, 9.17) is 4.74 Å². The van der Waals surface area contributed by atoms with E-state index in [0.29, 0.717) is 23.7 Å². The molecule has 0 aliphatic carbocycles. The molecule has 0 saturated carbocycles. The Bertz CT molecular complexity index is 579. The molecule has 124 valence electrons. The summed E-state index contributed by atoms with van der Waals surface area (Å²) in [4.78, 5) is 12.4. The van der Waals surface area contributed by atoms with Crippen molar-refractivity contribution in [2.45, 2.75) is 63.8 Å². The lowest BCUT2D eigenvalue weighted by atomic mass is 9.94. The average molecular weight is 314 g/mol. The van der Waals surface area contributed by atoms with Gasteiger partial charge in [-0.1, -0.05) is 36.9 Å². The Morgan fingerprint density at radius 3 is 2.26 bits per heavy atom. The molecular formula is C20H28NO2+. The number of fused-ring (bicyclic) bond motifs is 2. The highest BCUT2D eigenvalue weighted by atomic mass is 16.5. The summed E-state index contributed by atoms with van der Waals surface area (Å²) in [5.74, 6) is -0.263. The summed E-state index contributed by atoms with van der Waals surface area (Å²) in [7, 11) is 2.38. The van der Waals surface area contributed by atoms with Crippen LogP contribution in [0.25, 0.3) is 5.57 Å². The topological polar surface area (TPSA) is 26.3 Å². The largest absolute Gasteiger partial charge is 0.458 e. The number of carbonyl (C=O) groups is 1. The lowest BCUT2D eigenvalue weighted by Gasteiger charge is -2.49. The Labute approximate surface area is 139 Å². The minimum absolute atomic E-state index is 0.0467. The minimum Gasteiger partial charge on any atom is -0.458 e. The van der Waals surface area contributed by atoms with Crippen LogP contribution < -0.4 is 0 Å². The van der Waals surface area contributed by atoms with Crippen LogP contribution in [0.2, 0.25) is 0 Å². The van der Waals surface area contributed by atoms with E-state index >= 15 is 0 Å². The van der Waals surface area contributed by atoms with E-state index in [1.54, 1.807) is 0 Å². The molecule has 0 aromatic heterocycles. The van der Waals surface area contributed by atoms with Gasteiger partial charge in [0.1, 0.15) is 6.10 Å². The molecule has 23 heavy (non-hydrogen) atoms. The molecule has 3 heteroatoms. The van der Waals surface area contributed by atoms with Crippen molar-refractivity contribution < 1.29 is 14.0 Å². The highest BCUT2D eigenvalue weighted by molar-refractivity contribution is 6.15. The molecule has 2 heterocycles. The Morgan fingerprint density at radius 1 is 1.17 bits per heavy atom. The quantitative estimate of drug-likeness (QED) is 0.480. The summed E-state index contributed by atoms with van der Waals surface area (Å²) >= 11 is 0. The molecule has 2 aliphatic rings. The standard InChI is InChI=1S/C20H28NO2/c1-14(2)21(4)17-10-11-18(21)13-19(12-17)23-20(22)15(3)16-8-6-5-7-9-16/h5-9,14,17-19H,3,10-13H2,1-2,4H3/q+1. The minimum atomic E-state index is -0.263. The number of benzene rings is 1. The van der Waals surface area contributed by atoms with Gasteiger partial charge in [0, 0.05) is 25.7 Å². The van der Waals surface area contributed by atoms with Gasteiger partial charge in [-0.2, -0.15) is 0 Å². The molecule has 2 aliphatic heterocycles. The van der Waals surface area contributed by atoms with E-state index in [9.17, 15) is 4.79 Å². The molecule has 2 atom stereocenters. The van der Waals surface area contributed by atoms with Gasteiger partial charge in [-0.25, -0.2) is 4.79 Å². The molecule has 1 aromatic rings. The van der Waals surface area contributed by atoms with Crippen LogP contribution >= 0.6 is 0 Å². The van der Waals surface area contributed by atoms with E-state index in [1.165, 1.54) is 12.8 Å². The van der Waals surface area contributed by atoms with Gasteiger partial charge in [0.25, 0.3) is 0 Å². The summed E-state index contributed by atoms with van der Waals surface area (Å²) < 4.78 is 6.96. The maximum absolute atomic E-state index is 12.4. The second kappa shape index (κ2) is 6.12. The lowest BCUT2D eigenvalue weighted by Crippen LogP contribution is -2.62. The van der Waals surface area contributed by atoms with Crippen LogP contribution in [0.1, 0.15) is 45.1 Å². The number of nitrogens with zero attached hydrogens (tertiary/aromatic N) is 1. The van der Waals surface area contributed by atoms with Crippen molar-refractivity contribution in [3.63, 3.8) is 0 Å². The average Bonchev–Trinajstić information content (AvgIpc) is 2.73. The number of ether oxygens (including phenoxy) is 1. The van der Waals surface area contributed by atoms with E-state index < -0.39 is 0 Å². The number of carbonyl (C=O) groups excluding carboxylic acids is 1. The van der Waals surface area contributed by atoms with Crippen LogP contribution in [0, 0.1) is 0 Å². The summed E-state index contributed by atoms with van der Waals surface area (Å²) in [5, 5.41) is 0. The zero-order valence-electron chi connectivity index (χ0n) is 14.5. The monoisotopic (exact) mass is 314 g/mol. The second-order valence-electron chi connectivity index (χ2n) is 7.54. The van der Waals surface area contributed by atoms with Gasteiger partial charge >= 0.3 is 5.97 Å². The first-order valence-corrected chi connectivity index (χ1v) is 8.73. The molecule has 2 bridgehead atoms. The number of esters is 1. The molecule has 1 aromatic carbocycles. The fourth-order valence-corrected chi connectivity index (χ4v) is 4.55. The van der Waals surface area contributed by atoms with Crippen LogP contribution in [-0.4, -0.2) is 41.7 Å². The zero-order valence-corrected chi connectivity index (χ0v) is 14.5. The van der Waals surface area contributed by atoms with Gasteiger partial charge in [-0.15, -0.1) is 0 Å². The normalized spacial score (nSPS) is 32.8. The maximum Gasteiger partial charge on any atom is 0.338 e. The van der Waals surface area contributed by atoms with Crippen molar-refractivity contribution in [3.05, 3.63) is 42.5 Å². The molecule has 0 radical (unpaired) electrons. The van der Waals surface area contributed by atoms with Crippen molar-refractivity contribution in [1.82, 2.24) is 0 Å². The van der Waals surface area contributed by atoms with E-state index in [0.717, 1.165) is 22.9 Å². The molecule has 0 spiro atoms. The molecule has 2 unspecified atom stereocenters. The maximum atomic E-state index is 12.4. The second-order valence-corrected chi connectivity index (χ2v) is 7.54. The highest BCUT2D eigenvalue weighted by Gasteiger charge is 2.53. The third-order valence-electron chi connectivity index (χ3n) is 6.23. The number of hydrogen-bond acceptors (Lipinski definition) is 2. The predicted octanol–water partition coefficient (Wildman–Crippen LogP) is 3.79. The lowest BCUT2D eigenvalue weighted by molar-refractivity contribution is -0.968. The van der Waals surface area contributed by atoms with Gasteiger partial charge < -0.3 is 9.22 Å². The van der Waals surface area contributed by atoms with E-state index in [2.05, 4.69) is 27.5 Å². The molecular weight excluding hydrogens is 286 g/mol. The molecule has 0 N–H and O–H groups in total. The Morgan fingerprint density at radius 2 is 1.74 bits per heavy atom. The summed E-state index contributed by atoms with van der Waals surface area (Å²) in [6.45, 7) is 8.55. The van der Waals surface area contributed by atoms with Crippen molar-refractivity contribution in [2.24, 2.45) is 0 Å². The first-order chi connectivity index (χ1) is 10.9. The van der Waals surface area contributed by atoms with Gasteiger partial charge in [0.2, 0.25) is 0 Å². The van der Waals surface area contributed by atoms with Crippen LogP contribution in [0.15, 0.2) is 36.9 Å². The fraction of sp³-hybridized carbons (Fsp3) is 0.550. The first kappa shape index (κ1) is 16.3. The first-order valence-electron chi connectivity index (χ1n) is 8.73. The van der Waals surface area contributed by atoms with Crippen molar-refractivity contribution in [1.29, 1.82) is 0 Å². The van der Waals surface area contributed by atoms with Crippen LogP contribution in [0.3, 0.4) is 0 Å². The van der Waals surface area contributed by atoms with Crippen molar-refractivity contribution in [2.75, 3.05) is 7.05 Å². The number of piperidine rings is 1. The smallest absolute Gasteiger partial charge is 0.338 e. The fourth-order valence-electron chi connectivity index (χ4n) is 4.55. The zero-order chi connectivity index (χ0) is 16.6. The third-order valence-corrected chi connectivity index (χ3v) is 6.23. The van der Waals surface area contributed by atoms with Crippen molar-refractivity contribution in [3.8, 4) is 0 Å². The number of hydrogen-bond donors (Lipinski definition) is 0. The summed E-state index contributed by atoms with van der Waals surface area (Å²) in [6, 6.07) is 11.4.